The molecule has 0 amide bonds. The van der Waals surface area contributed by atoms with Crippen LogP contribution in [-0.2, 0) is 28.6 Å². The summed E-state index contributed by atoms with van der Waals surface area (Å²) in [5, 5.41) is 0. The quantitative estimate of drug-likeness (QED) is 0.0262. The molecular formula is C61H106O6. The largest absolute Gasteiger partial charge is 0.462 e. The fourth-order valence-electron chi connectivity index (χ4n) is 8.00. The molecule has 6 heteroatoms. The molecule has 0 saturated carbocycles. The summed E-state index contributed by atoms with van der Waals surface area (Å²) in [5.41, 5.74) is 0. The van der Waals surface area contributed by atoms with Crippen LogP contribution in [0.2, 0.25) is 0 Å². The van der Waals surface area contributed by atoms with E-state index >= 15 is 0 Å². The van der Waals surface area contributed by atoms with Crippen molar-refractivity contribution in [3.05, 3.63) is 72.9 Å². The normalized spacial score (nSPS) is 12.6. The van der Waals surface area contributed by atoms with Crippen molar-refractivity contribution in [2.24, 2.45) is 0 Å². The second kappa shape index (κ2) is 55.4. The lowest BCUT2D eigenvalue weighted by Gasteiger charge is -2.18. The molecule has 0 unspecified atom stereocenters. The molecule has 6 nitrogen and oxygen atoms in total. The van der Waals surface area contributed by atoms with Crippen molar-refractivity contribution in [2.75, 3.05) is 13.2 Å². The number of hydrogen-bond acceptors (Lipinski definition) is 6. The van der Waals surface area contributed by atoms with Gasteiger partial charge < -0.3 is 14.2 Å². The van der Waals surface area contributed by atoms with Crippen LogP contribution in [0.15, 0.2) is 72.9 Å². The maximum absolute atomic E-state index is 12.8. The highest BCUT2D eigenvalue weighted by Crippen LogP contribution is 2.16. The minimum absolute atomic E-state index is 0.0950. The molecule has 0 aromatic heterocycles. The maximum atomic E-state index is 12.8. The number of carbonyl (C=O) groups excluding carboxylic acids is 3. The van der Waals surface area contributed by atoms with Crippen LogP contribution in [0.25, 0.3) is 0 Å². The number of carbonyl (C=O) groups is 3. The molecule has 0 heterocycles. The number of rotatable bonds is 51. The number of ether oxygens (including phenoxy) is 3. The predicted molar refractivity (Wildman–Crippen MR) is 288 cm³/mol. The van der Waals surface area contributed by atoms with Gasteiger partial charge in [0, 0.05) is 19.3 Å². The third kappa shape index (κ3) is 53.7. The SMILES string of the molecule is CC/C=C\C/C=C\C/C=C\C/C=C\C/C=C\C/C=C\CCC(=O)OC[C@@H](COC(=O)CCCCCCCCCCCCC)OC(=O)CCCCCCCCCCCCCCCCCCCCC. The van der Waals surface area contributed by atoms with E-state index in [0.29, 0.717) is 19.3 Å². The van der Waals surface area contributed by atoms with Crippen LogP contribution in [0.5, 0.6) is 0 Å². The Kier molecular flexibility index (Phi) is 52.8. The Hall–Kier alpha value is -3.15. The summed E-state index contributed by atoms with van der Waals surface area (Å²) in [4.78, 5) is 38.0. The molecule has 0 radical (unpaired) electrons. The highest BCUT2D eigenvalue weighted by Gasteiger charge is 2.19. The molecule has 0 aromatic rings. The van der Waals surface area contributed by atoms with Gasteiger partial charge in [0.15, 0.2) is 6.10 Å². The Bertz CT molecular complexity index is 1260. The van der Waals surface area contributed by atoms with Crippen molar-refractivity contribution in [2.45, 2.75) is 284 Å². The topological polar surface area (TPSA) is 78.9 Å². The van der Waals surface area contributed by atoms with E-state index in [1.165, 1.54) is 154 Å². The van der Waals surface area contributed by atoms with E-state index in [1.54, 1.807) is 0 Å². The molecule has 1 atom stereocenters. The van der Waals surface area contributed by atoms with Crippen molar-refractivity contribution in [1.82, 2.24) is 0 Å². The van der Waals surface area contributed by atoms with Crippen molar-refractivity contribution in [1.29, 1.82) is 0 Å². The standard InChI is InChI=1S/C61H106O6/c1-4-7-10-13-16-19-22-24-26-28-30-32-34-36-39-42-45-48-51-54-60(63)66-57-58(56-65-59(62)53-50-47-44-41-38-21-18-15-12-9-6-3)67-61(64)55-52-49-46-43-40-37-35-33-31-29-27-25-23-20-17-14-11-8-5-2/h7,10,16,19,24,26,30,32,36,39,45,48,58H,4-6,8-9,11-15,17-18,20-23,25,27-29,31,33-35,37-38,40-44,46-47,49-57H2,1-3H3/b10-7-,19-16-,26-24-,32-30-,39-36-,48-45-/t58-/m1/s1. The highest BCUT2D eigenvalue weighted by atomic mass is 16.6. The molecule has 0 rings (SSSR count). The number of allylic oxidation sites excluding steroid dienone is 12. The lowest BCUT2D eigenvalue weighted by molar-refractivity contribution is -0.166. The average molecular weight is 936 g/mol. The lowest BCUT2D eigenvalue weighted by atomic mass is 10.0. The van der Waals surface area contributed by atoms with Crippen LogP contribution in [0.1, 0.15) is 278 Å². The van der Waals surface area contributed by atoms with Crippen LogP contribution in [0.3, 0.4) is 0 Å². The summed E-state index contributed by atoms with van der Waals surface area (Å²) in [6.07, 6.45) is 70.5. The van der Waals surface area contributed by atoms with Gasteiger partial charge in [0.1, 0.15) is 13.2 Å². The first-order valence-electron chi connectivity index (χ1n) is 28.4. The van der Waals surface area contributed by atoms with Gasteiger partial charge in [-0.25, -0.2) is 0 Å². The van der Waals surface area contributed by atoms with Gasteiger partial charge in [0.2, 0.25) is 0 Å². The highest BCUT2D eigenvalue weighted by molar-refractivity contribution is 5.71. The van der Waals surface area contributed by atoms with E-state index in [4.69, 9.17) is 14.2 Å². The molecular weight excluding hydrogens is 829 g/mol. The van der Waals surface area contributed by atoms with Crippen molar-refractivity contribution < 1.29 is 28.6 Å². The molecule has 0 fully saturated rings. The van der Waals surface area contributed by atoms with Crippen molar-refractivity contribution in [3.63, 3.8) is 0 Å². The lowest BCUT2D eigenvalue weighted by Crippen LogP contribution is -2.30. The Labute approximate surface area is 414 Å². The average Bonchev–Trinajstić information content (AvgIpc) is 3.33. The van der Waals surface area contributed by atoms with E-state index in [0.717, 1.165) is 77.0 Å². The molecule has 0 aliphatic carbocycles. The zero-order chi connectivity index (χ0) is 48.6. The zero-order valence-electron chi connectivity index (χ0n) is 44.2. The van der Waals surface area contributed by atoms with Gasteiger partial charge in [0.05, 0.1) is 0 Å². The number of esters is 3. The molecule has 67 heavy (non-hydrogen) atoms. The molecule has 0 saturated heterocycles. The van der Waals surface area contributed by atoms with Crippen molar-refractivity contribution >= 4 is 17.9 Å². The predicted octanol–water partition coefficient (Wildman–Crippen LogP) is 19.0. The van der Waals surface area contributed by atoms with Gasteiger partial charge in [-0.3, -0.25) is 14.4 Å². The molecule has 0 N–H and O–H groups in total. The van der Waals surface area contributed by atoms with Gasteiger partial charge in [-0.05, 0) is 57.8 Å². The minimum Gasteiger partial charge on any atom is -0.462 e. The van der Waals surface area contributed by atoms with Gasteiger partial charge >= 0.3 is 17.9 Å². The molecule has 0 aromatic carbocycles. The Morgan fingerprint density at radius 3 is 0.910 bits per heavy atom. The summed E-state index contributed by atoms with van der Waals surface area (Å²) in [5.74, 6) is -0.973. The first-order valence-corrected chi connectivity index (χ1v) is 28.4. The van der Waals surface area contributed by atoms with Crippen LogP contribution in [-0.4, -0.2) is 37.2 Å². The van der Waals surface area contributed by atoms with Gasteiger partial charge in [-0.1, -0.05) is 273 Å². The molecule has 0 aliphatic rings. The summed E-state index contributed by atoms with van der Waals surface area (Å²) >= 11 is 0. The van der Waals surface area contributed by atoms with Gasteiger partial charge in [0.25, 0.3) is 0 Å². The van der Waals surface area contributed by atoms with Gasteiger partial charge in [-0.15, -0.1) is 0 Å². The van der Waals surface area contributed by atoms with Crippen LogP contribution in [0.4, 0.5) is 0 Å². The van der Waals surface area contributed by atoms with Gasteiger partial charge in [-0.2, -0.15) is 0 Å². The van der Waals surface area contributed by atoms with E-state index in [9.17, 15) is 14.4 Å². The molecule has 0 aliphatic heterocycles. The summed E-state index contributed by atoms with van der Waals surface area (Å²) in [6, 6.07) is 0. The summed E-state index contributed by atoms with van der Waals surface area (Å²) in [7, 11) is 0. The molecule has 0 spiro atoms. The Balaban J connectivity index is 4.42. The Morgan fingerprint density at radius 1 is 0.313 bits per heavy atom. The maximum Gasteiger partial charge on any atom is 0.306 e. The first kappa shape index (κ1) is 63.8. The van der Waals surface area contributed by atoms with E-state index in [2.05, 4.69) is 87.6 Å². The minimum atomic E-state index is -0.802. The second-order valence-corrected chi connectivity index (χ2v) is 18.8. The summed E-state index contributed by atoms with van der Waals surface area (Å²) < 4.78 is 16.8. The third-order valence-electron chi connectivity index (χ3n) is 12.2. The Morgan fingerprint density at radius 2 is 0.582 bits per heavy atom. The third-order valence-corrected chi connectivity index (χ3v) is 12.2. The van der Waals surface area contributed by atoms with Crippen LogP contribution in [0, 0.1) is 0 Å². The van der Waals surface area contributed by atoms with Crippen molar-refractivity contribution in [3.8, 4) is 0 Å². The fourth-order valence-corrected chi connectivity index (χ4v) is 8.00. The summed E-state index contributed by atoms with van der Waals surface area (Å²) in [6.45, 7) is 6.48. The molecule has 0 bridgehead atoms. The monoisotopic (exact) mass is 935 g/mol. The van der Waals surface area contributed by atoms with Crippen LogP contribution < -0.4 is 0 Å². The van der Waals surface area contributed by atoms with E-state index in [1.807, 2.05) is 6.08 Å². The first-order chi connectivity index (χ1) is 33.0. The number of hydrogen-bond donors (Lipinski definition) is 0. The number of unbranched alkanes of at least 4 members (excludes halogenated alkanes) is 28. The van der Waals surface area contributed by atoms with E-state index in [-0.39, 0.29) is 37.5 Å². The van der Waals surface area contributed by atoms with E-state index < -0.39 is 6.10 Å². The van der Waals surface area contributed by atoms with Crippen LogP contribution >= 0.6 is 0 Å². The smallest absolute Gasteiger partial charge is 0.306 e. The fraction of sp³-hybridized carbons (Fsp3) is 0.754. The second-order valence-electron chi connectivity index (χ2n) is 18.8. The molecule has 386 valence electrons. The zero-order valence-corrected chi connectivity index (χ0v) is 44.2.